The molecule has 0 spiro atoms. The molecule has 0 fully saturated rings. The van der Waals surface area contributed by atoms with Crippen molar-refractivity contribution in [3.63, 3.8) is 0 Å². The minimum Gasteiger partial charge on any atom is -0.396 e. The number of aryl methyl sites for hydroxylation is 1. The molecular formula is C14H11F2NO. The summed E-state index contributed by atoms with van der Waals surface area (Å²) in [5.41, 5.74) is 6.20. The monoisotopic (exact) mass is 247 g/mol. The highest BCUT2D eigenvalue weighted by Gasteiger charge is 2.16. The number of rotatable bonds is 2. The maximum atomic E-state index is 13.5. The number of halogens is 2. The zero-order valence-electron chi connectivity index (χ0n) is 9.71. The number of nitrogens with two attached hydrogens (primary N) is 1. The first kappa shape index (κ1) is 12.2. The van der Waals surface area contributed by atoms with Gasteiger partial charge in [0.05, 0.1) is 11.3 Å². The summed E-state index contributed by atoms with van der Waals surface area (Å²) in [7, 11) is 0. The molecular weight excluding hydrogens is 236 g/mol. The molecule has 2 aromatic carbocycles. The van der Waals surface area contributed by atoms with Crippen molar-refractivity contribution in [2.45, 2.75) is 6.92 Å². The predicted molar refractivity (Wildman–Crippen MR) is 65.4 cm³/mol. The Morgan fingerprint density at radius 1 is 1.06 bits per heavy atom. The van der Waals surface area contributed by atoms with E-state index in [-0.39, 0.29) is 11.3 Å². The van der Waals surface area contributed by atoms with Gasteiger partial charge in [0.25, 0.3) is 0 Å². The molecule has 92 valence electrons. The summed E-state index contributed by atoms with van der Waals surface area (Å²) in [4.78, 5) is 12.0. The van der Waals surface area contributed by atoms with Gasteiger partial charge in [-0.05, 0) is 13.0 Å². The molecule has 0 radical (unpaired) electrons. The number of hydrogen-bond acceptors (Lipinski definition) is 2. The summed E-state index contributed by atoms with van der Waals surface area (Å²) in [6.45, 7) is 1.88. The second-order valence-electron chi connectivity index (χ2n) is 4.05. The minimum atomic E-state index is -0.910. The van der Waals surface area contributed by atoms with E-state index in [1.54, 1.807) is 24.3 Å². The molecule has 0 aliphatic heterocycles. The van der Waals surface area contributed by atoms with Gasteiger partial charge in [-0.2, -0.15) is 0 Å². The lowest BCUT2D eigenvalue weighted by atomic mass is 10.0. The molecule has 18 heavy (non-hydrogen) atoms. The van der Waals surface area contributed by atoms with Crippen LogP contribution < -0.4 is 5.73 Å². The summed E-state index contributed by atoms with van der Waals surface area (Å²) < 4.78 is 26.5. The molecule has 0 saturated carbocycles. The predicted octanol–water partition coefficient (Wildman–Crippen LogP) is 3.09. The Balaban J connectivity index is 2.46. The van der Waals surface area contributed by atoms with Crippen LogP contribution in [0.5, 0.6) is 0 Å². The summed E-state index contributed by atoms with van der Waals surface area (Å²) >= 11 is 0. The molecule has 0 saturated heterocycles. The van der Waals surface area contributed by atoms with Crippen molar-refractivity contribution < 1.29 is 13.6 Å². The Labute approximate surface area is 103 Å². The molecule has 2 aromatic rings. The van der Waals surface area contributed by atoms with Crippen LogP contribution in [0.1, 0.15) is 21.5 Å². The molecule has 0 aliphatic rings. The van der Waals surface area contributed by atoms with Gasteiger partial charge in [0, 0.05) is 11.6 Å². The molecule has 2 rings (SSSR count). The van der Waals surface area contributed by atoms with E-state index in [0.717, 1.165) is 11.6 Å². The zero-order valence-corrected chi connectivity index (χ0v) is 9.71. The van der Waals surface area contributed by atoms with E-state index in [9.17, 15) is 13.6 Å². The number of anilines is 1. The van der Waals surface area contributed by atoms with E-state index in [1.807, 2.05) is 6.92 Å². The van der Waals surface area contributed by atoms with Gasteiger partial charge < -0.3 is 5.73 Å². The van der Waals surface area contributed by atoms with Crippen molar-refractivity contribution in [3.05, 3.63) is 64.7 Å². The van der Waals surface area contributed by atoms with Crippen LogP contribution in [0, 0.1) is 18.6 Å². The van der Waals surface area contributed by atoms with Crippen LogP contribution in [-0.4, -0.2) is 5.78 Å². The number of carbonyl (C=O) groups is 1. The van der Waals surface area contributed by atoms with Gasteiger partial charge in [-0.15, -0.1) is 0 Å². The lowest BCUT2D eigenvalue weighted by molar-refractivity contribution is 0.103. The minimum absolute atomic E-state index is 0.224. The van der Waals surface area contributed by atoms with E-state index in [1.165, 1.54) is 0 Å². The summed E-state index contributed by atoms with van der Waals surface area (Å²) in [5, 5.41) is 0. The zero-order chi connectivity index (χ0) is 13.3. The largest absolute Gasteiger partial charge is 0.396 e. The maximum absolute atomic E-state index is 13.5. The van der Waals surface area contributed by atoms with Gasteiger partial charge in [-0.1, -0.05) is 29.8 Å². The topological polar surface area (TPSA) is 43.1 Å². The van der Waals surface area contributed by atoms with Crippen molar-refractivity contribution in [1.29, 1.82) is 0 Å². The van der Waals surface area contributed by atoms with Crippen LogP contribution in [0.4, 0.5) is 14.5 Å². The molecule has 0 bridgehead atoms. The maximum Gasteiger partial charge on any atom is 0.196 e. The normalized spacial score (nSPS) is 10.4. The Bertz CT molecular complexity index is 606. The lowest BCUT2D eigenvalue weighted by Gasteiger charge is -2.05. The standard InChI is InChI=1S/C14H11F2NO/c1-8-2-4-9(5-3-8)14(18)10-6-13(17)12(16)7-11(10)15/h2-7H,17H2,1H3. The molecule has 0 aromatic heterocycles. The highest BCUT2D eigenvalue weighted by atomic mass is 19.1. The molecule has 0 unspecified atom stereocenters. The van der Waals surface area contributed by atoms with Gasteiger partial charge in [0.15, 0.2) is 5.78 Å². The molecule has 4 heteroatoms. The quantitative estimate of drug-likeness (QED) is 0.654. The highest BCUT2D eigenvalue weighted by Crippen LogP contribution is 2.20. The Morgan fingerprint density at radius 2 is 1.67 bits per heavy atom. The van der Waals surface area contributed by atoms with Gasteiger partial charge in [0.1, 0.15) is 11.6 Å². The second-order valence-corrected chi connectivity index (χ2v) is 4.05. The fourth-order valence-electron chi connectivity index (χ4n) is 1.60. The molecule has 0 atom stereocenters. The number of nitrogen functional groups attached to an aromatic ring is 1. The van der Waals surface area contributed by atoms with E-state index in [4.69, 9.17) is 5.73 Å². The Kier molecular flexibility index (Phi) is 3.10. The smallest absolute Gasteiger partial charge is 0.196 e. The van der Waals surface area contributed by atoms with E-state index >= 15 is 0 Å². The number of hydrogen-bond donors (Lipinski definition) is 1. The fraction of sp³-hybridized carbons (Fsp3) is 0.0714. The Morgan fingerprint density at radius 3 is 2.28 bits per heavy atom. The van der Waals surface area contributed by atoms with Gasteiger partial charge >= 0.3 is 0 Å². The summed E-state index contributed by atoms with van der Waals surface area (Å²) in [6, 6.07) is 8.33. The number of carbonyl (C=O) groups excluding carboxylic acids is 1. The third kappa shape index (κ3) is 2.22. The van der Waals surface area contributed by atoms with Gasteiger partial charge in [0.2, 0.25) is 0 Å². The van der Waals surface area contributed by atoms with Crippen LogP contribution >= 0.6 is 0 Å². The second kappa shape index (κ2) is 4.56. The molecule has 2 N–H and O–H groups in total. The highest BCUT2D eigenvalue weighted by molar-refractivity contribution is 6.09. The first-order valence-electron chi connectivity index (χ1n) is 5.35. The summed E-state index contributed by atoms with van der Waals surface area (Å²) in [5.74, 6) is -2.29. The van der Waals surface area contributed by atoms with Crippen LogP contribution in [0.3, 0.4) is 0 Å². The van der Waals surface area contributed by atoms with Crippen LogP contribution in [0.25, 0.3) is 0 Å². The molecule has 0 aliphatic carbocycles. The van der Waals surface area contributed by atoms with E-state index in [0.29, 0.717) is 11.6 Å². The first-order valence-corrected chi connectivity index (χ1v) is 5.35. The number of benzene rings is 2. The molecule has 2 nitrogen and oxygen atoms in total. The van der Waals surface area contributed by atoms with Crippen LogP contribution in [-0.2, 0) is 0 Å². The van der Waals surface area contributed by atoms with Crippen molar-refractivity contribution in [2.75, 3.05) is 5.73 Å². The lowest BCUT2D eigenvalue weighted by Crippen LogP contribution is -2.06. The number of ketones is 1. The Hall–Kier alpha value is -2.23. The van der Waals surface area contributed by atoms with Crippen molar-refractivity contribution in [3.8, 4) is 0 Å². The van der Waals surface area contributed by atoms with E-state index in [2.05, 4.69) is 0 Å². The van der Waals surface area contributed by atoms with Crippen molar-refractivity contribution in [1.82, 2.24) is 0 Å². The van der Waals surface area contributed by atoms with Gasteiger partial charge in [-0.25, -0.2) is 8.78 Å². The SMILES string of the molecule is Cc1ccc(C(=O)c2cc(N)c(F)cc2F)cc1. The third-order valence-electron chi connectivity index (χ3n) is 2.64. The fourth-order valence-corrected chi connectivity index (χ4v) is 1.60. The van der Waals surface area contributed by atoms with E-state index < -0.39 is 17.4 Å². The molecule has 0 heterocycles. The summed E-state index contributed by atoms with van der Waals surface area (Å²) in [6.07, 6.45) is 0. The molecule has 0 amide bonds. The van der Waals surface area contributed by atoms with Crippen molar-refractivity contribution >= 4 is 11.5 Å². The average Bonchev–Trinajstić information content (AvgIpc) is 2.34. The van der Waals surface area contributed by atoms with Crippen molar-refractivity contribution in [2.24, 2.45) is 0 Å². The van der Waals surface area contributed by atoms with Gasteiger partial charge in [-0.3, -0.25) is 4.79 Å². The van der Waals surface area contributed by atoms with Crippen LogP contribution in [0.2, 0.25) is 0 Å². The van der Waals surface area contributed by atoms with Crippen LogP contribution in [0.15, 0.2) is 36.4 Å². The average molecular weight is 247 g/mol. The first-order chi connectivity index (χ1) is 8.49. The third-order valence-corrected chi connectivity index (χ3v) is 2.64.